The predicted molar refractivity (Wildman–Crippen MR) is 102 cm³/mol. The van der Waals surface area contributed by atoms with Gasteiger partial charge in [-0.1, -0.05) is 18.2 Å². The van der Waals surface area contributed by atoms with E-state index in [1.807, 2.05) is 61.7 Å². The van der Waals surface area contributed by atoms with Gasteiger partial charge in [0.05, 0.1) is 18.5 Å². The fraction of sp³-hybridized carbons (Fsp3) is 0.211. The molecule has 0 fully saturated rings. The maximum absolute atomic E-state index is 5.52. The fourth-order valence-corrected chi connectivity index (χ4v) is 3.07. The van der Waals surface area contributed by atoms with E-state index >= 15 is 0 Å². The molecule has 0 aliphatic carbocycles. The predicted octanol–water partition coefficient (Wildman–Crippen LogP) is 5.53. The van der Waals surface area contributed by atoms with Crippen LogP contribution < -0.4 is 14.0 Å². The molecule has 25 heavy (non-hydrogen) atoms. The first-order valence-electron chi connectivity index (χ1n) is 8.12. The number of hydrogen-bond donors (Lipinski definition) is 1. The van der Waals surface area contributed by atoms with Crippen LogP contribution in [-0.4, -0.2) is 7.11 Å². The summed E-state index contributed by atoms with van der Waals surface area (Å²) in [5, 5.41) is 13.0. The van der Waals surface area contributed by atoms with Crippen molar-refractivity contribution in [3.05, 3.63) is 60.3 Å². The van der Waals surface area contributed by atoms with Crippen LogP contribution in [0.3, 0.4) is 0 Å². The van der Waals surface area contributed by atoms with Crippen molar-refractivity contribution in [1.29, 1.82) is 0 Å². The molecular formula is C19H21N4OS+. The van der Waals surface area contributed by atoms with Gasteiger partial charge in [-0.3, -0.25) is 0 Å². The van der Waals surface area contributed by atoms with Crippen LogP contribution in [0.15, 0.2) is 65.0 Å². The van der Waals surface area contributed by atoms with Crippen molar-refractivity contribution in [2.75, 3.05) is 12.4 Å². The summed E-state index contributed by atoms with van der Waals surface area (Å²) in [6.07, 6.45) is 2.01. The van der Waals surface area contributed by atoms with Crippen LogP contribution in [0.25, 0.3) is 0 Å². The number of ether oxygens (including phenoxy) is 1. The molecule has 3 rings (SSSR count). The van der Waals surface area contributed by atoms with Crippen molar-refractivity contribution < 1.29 is 8.69 Å². The van der Waals surface area contributed by atoms with Crippen LogP contribution >= 0.6 is 11.5 Å². The number of nitrogens with zero attached hydrogens (tertiary/aromatic N) is 3. The van der Waals surface area contributed by atoms with E-state index in [9.17, 15) is 0 Å². The first-order valence-corrected chi connectivity index (χ1v) is 8.89. The van der Waals surface area contributed by atoms with Crippen LogP contribution in [0.2, 0.25) is 0 Å². The second-order valence-electron chi connectivity index (χ2n) is 5.51. The molecule has 0 unspecified atom stereocenters. The maximum atomic E-state index is 5.52. The number of hydrogen-bond acceptors (Lipinski definition) is 5. The quantitative estimate of drug-likeness (QED) is 0.468. The Labute approximate surface area is 151 Å². The Balaban J connectivity index is 1.86. The summed E-state index contributed by atoms with van der Waals surface area (Å²) in [4.78, 5) is 0. The zero-order valence-corrected chi connectivity index (χ0v) is 15.4. The highest BCUT2D eigenvalue weighted by atomic mass is 32.1. The average molecular weight is 353 g/mol. The summed E-state index contributed by atoms with van der Waals surface area (Å²) in [5.41, 5.74) is 3.75. The Morgan fingerprint density at radius 1 is 1.12 bits per heavy atom. The zero-order valence-electron chi connectivity index (χ0n) is 14.6. The maximum Gasteiger partial charge on any atom is 0.208 e. The van der Waals surface area contributed by atoms with Crippen molar-refractivity contribution in [2.45, 2.75) is 20.4 Å². The zero-order chi connectivity index (χ0) is 17.6. The monoisotopic (exact) mass is 353 g/mol. The van der Waals surface area contributed by atoms with E-state index in [1.165, 1.54) is 0 Å². The van der Waals surface area contributed by atoms with Crippen molar-refractivity contribution in [3.8, 4) is 5.75 Å². The number of para-hydroxylation sites is 1. The number of aromatic nitrogens is 1. The largest absolute Gasteiger partial charge is 0.494 e. The highest BCUT2D eigenvalue weighted by Crippen LogP contribution is 2.35. The number of aryl methyl sites for hydroxylation is 2. The Kier molecular flexibility index (Phi) is 5.40. The standard InChI is InChI=1S/C19H20N4OS/c1-4-23-11-10-19(25-23)22-21-16-13-18(24-3)17(12-14(16)2)20-15-8-6-5-7-9-15/h5-13H,4H2,1-3H3/p+1. The third kappa shape index (κ3) is 4.22. The van der Waals surface area contributed by atoms with Crippen LogP contribution in [0.1, 0.15) is 12.5 Å². The lowest BCUT2D eigenvalue weighted by Crippen LogP contribution is -2.24. The van der Waals surface area contributed by atoms with E-state index < -0.39 is 0 Å². The van der Waals surface area contributed by atoms with Crippen LogP contribution in [0.4, 0.5) is 22.1 Å². The van der Waals surface area contributed by atoms with Gasteiger partial charge < -0.3 is 10.1 Å². The lowest BCUT2D eigenvalue weighted by Gasteiger charge is -2.13. The van der Waals surface area contributed by atoms with Gasteiger partial charge in [0, 0.05) is 17.8 Å². The van der Waals surface area contributed by atoms with E-state index in [2.05, 4.69) is 26.4 Å². The molecule has 1 aromatic heterocycles. The van der Waals surface area contributed by atoms with Crippen molar-refractivity contribution >= 4 is 33.6 Å². The van der Waals surface area contributed by atoms with Crippen molar-refractivity contribution in [1.82, 2.24) is 0 Å². The molecule has 0 amide bonds. The first kappa shape index (κ1) is 17.1. The van der Waals surface area contributed by atoms with Gasteiger partial charge >= 0.3 is 0 Å². The summed E-state index contributed by atoms with van der Waals surface area (Å²) in [6, 6.07) is 15.9. The molecule has 0 radical (unpaired) electrons. The van der Waals surface area contributed by atoms with Crippen LogP contribution in [0, 0.1) is 6.92 Å². The van der Waals surface area contributed by atoms with E-state index in [0.717, 1.165) is 39.9 Å². The summed E-state index contributed by atoms with van der Waals surface area (Å²) in [6.45, 7) is 5.06. The van der Waals surface area contributed by atoms with E-state index in [1.54, 1.807) is 18.6 Å². The molecule has 0 atom stereocenters. The molecular weight excluding hydrogens is 332 g/mol. The third-order valence-electron chi connectivity index (χ3n) is 3.73. The molecule has 1 heterocycles. The molecule has 6 heteroatoms. The van der Waals surface area contributed by atoms with Gasteiger partial charge in [-0.15, -0.1) is 14.2 Å². The summed E-state index contributed by atoms with van der Waals surface area (Å²) >= 11 is 1.59. The second-order valence-corrected chi connectivity index (χ2v) is 6.58. The minimum atomic E-state index is 0.734. The molecule has 5 nitrogen and oxygen atoms in total. The first-order chi connectivity index (χ1) is 12.2. The van der Waals surface area contributed by atoms with Gasteiger partial charge in [0.25, 0.3) is 0 Å². The number of methoxy groups -OCH3 is 1. The van der Waals surface area contributed by atoms with E-state index in [-0.39, 0.29) is 0 Å². The Hall–Kier alpha value is -2.73. The highest BCUT2D eigenvalue weighted by molar-refractivity contribution is 7.05. The Morgan fingerprint density at radius 3 is 2.60 bits per heavy atom. The number of nitrogens with one attached hydrogen (secondary N) is 1. The molecule has 0 aliphatic rings. The average Bonchev–Trinajstić information content (AvgIpc) is 3.10. The SMILES string of the molecule is CC[n+]1ccc(N=Nc2cc(OC)c(Nc3ccccc3)cc2C)s1. The van der Waals surface area contributed by atoms with Gasteiger partial charge in [-0.2, -0.15) is 0 Å². The lowest BCUT2D eigenvalue weighted by atomic mass is 10.1. The molecule has 0 bridgehead atoms. The molecule has 3 aromatic rings. The Morgan fingerprint density at radius 2 is 1.92 bits per heavy atom. The van der Waals surface area contributed by atoms with Gasteiger partial charge in [0.15, 0.2) is 24.3 Å². The van der Waals surface area contributed by atoms with Gasteiger partial charge in [-0.05, 0) is 37.6 Å². The third-order valence-corrected chi connectivity index (χ3v) is 4.75. The summed E-state index contributed by atoms with van der Waals surface area (Å²) in [5.74, 6) is 0.734. The summed E-state index contributed by atoms with van der Waals surface area (Å²) in [7, 11) is 1.66. The van der Waals surface area contributed by atoms with Crippen molar-refractivity contribution in [3.63, 3.8) is 0 Å². The molecule has 0 saturated carbocycles. The number of benzene rings is 2. The molecule has 0 aliphatic heterocycles. The summed E-state index contributed by atoms with van der Waals surface area (Å²) < 4.78 is 7.63. The minimum absolute atomic E-state index is 0.734. The minimum Gasteiger partial charge on any atom is -0.494 e. The normalized spacial score (nSPS) is 11.0. The highest BCUT2D eigenvalue weighted by Gasteiger charge is 2.09. The van der Waals surface area contributed by atoms with E-state index in [0.29, 0.717) is 0 Å². The lowest BCUT2D eigenvalue weighted by molar-refractivity contribution is -0.625. The number of azo groups is 1. The van der Waals surface area contributed by atoms with Crippen LogP contribution in [0.5, 0.6) is 5.75 Å². The van der Waals surface area contributed by atoms with Gasteiger partial charge in [0.2, 0.25) is 5.00 Å². The van der Waals surface area contributed by atoms with Gasteiger partial charge in [0.1, 0.15) is 5.75 Å². The molecule has 128 valence electrons. The second kappa shape index (κ2) is 7.90. The molecule has 0 saturated heterocycles. The number of rotatable bonds is 6. The van der Waals surface area contributed by atoms with Gasteiger partial charge in [-0.25, -0.2) is 0 Å². The number of anilines is 2. The van der Waals surface area contributed by atoms with Crippen molar-refractivity contribution in [2.24, 2.45) is 10.2 Å². The Bertz CT molecular complexity index is 874. The smallest absolute Gasteiger partial charge is 0.208 e. The molecule has 2 aromatic carbocycles. The molecule has 0 spiro atoms. The topological polar surface area (TPSA) is 49.9 Å². The molecule has 1 N–H and O–H groups in total. The van der Waals surface area contributed by atoms with E-state index in [4.69, 9.17) is 4.74 Å². The van der Waals surface area contributed by atoms with Crippen LogP contribution in [-0.2, 0) is 6.54 Å². The fourth-order valence-electron chi connectivity index (χ4n) is 2.38.